The van der Waals surface area contributed by atoms with E-state index in [2.05, 4.69) is 0 Å². The van der Waals surface area contributed by atoms with Gasteiger partial charge in [-0.05, 0) is 31.4 Å². The molecular weight excluding hydrogens is 311 g/mol. The van der Waals surface area contributed by atoms with Crippen molar-refractivity contribution in [2.45, 2.75) is 49.0 Å². The van der Waals surface area contributed by atoms with Gasteiger partial charge >= 0.3 is 6.18 Å². The Balaban J connectivity index is 2.35. The molecule has 1 saturated heterocycles. The third-order valence-electron chi connectivity index (χ3n) is 3.38. The van der Waals surface area contributed by atoms with E-state index >= 15 is 0 Å². The first-order valence-corrected chi connectivity index (χ1v) is 8.69. The lowest BCUT2D eigenvalue weighted by molar-refractivity contribution is -0.177. The second kappa shape index (κ2) is 5.65. The maximum absolute atomic E-state index is 13.0. The van der Waals surface area contributed by atoms with Gasteiger partial charge in [-0.25, -0.2) is 8.42 Å². The zero-order valence-corrected chi connectivity index (χ0v) is 12.6. The largest absolute Gasteiger partial charge is 0.405 e. The molecule has 0 aliphatic carbocycles. The minimum atomic E-state index is -4.52. The SMILES string of the molecule is CCc1ccc(S(=O)(=O)N2CCCCC2C(F)(F)F)s1. The molecule has 1 aromatic rings. The van der Waals surface area contributed by atoms with Crippen molar-refractivity contribution in [3.05, 3.63) is 17.0 Å². The summed E-state index contributed by atoms with van der Waals surface area (Å²) in [6.45, 7) is 1.81. The number of nitrogens with zero attached hydrogens (tertiary/aromatic N) is 1. The van der Waals surface area contributed by atoms with Gasteiger partial charge in [-0.15, -0.1) is 11.3 Å². The molecule has 1 aromatic heterocycles. The zero-order chi connectivity index (χ0) is 15.0. The topological polar surface area (TPSA) is 37.4 Å². The van der Waals surface area contributed by atoms with Crippen LogP contribution >= 0.6 is 11.3 Å². The number of hydrogen-bond donors (Lipinski definition) is 0. The van der Waals surface area contributed by atoms with Crippen molar-refractivity contribution in [3.8, 4) is 0 Å². The minimum Gasteiger partial charge on any atom is -0.206 e. The van der Waals surface area contributed by atoms with E-state index in [1.165, 1.54) is 6.07 Å². The number of piperidine rings is 1. The molecule has 2 rings (SSSR count). The van der Waals surface area contributed by atoms with Crippen LogP contribution < -0.4 is 0 Å². The Bertz CT molecular complexity index is 566. The van der Waals surface area contributed by atoms with E-state index in [9.17, 15) is 21.6 Å². The molecule has 1 fully saturated rings. The quantitative estimate of drug-likeness (QED) is 0.853. The van der Waals surface area contributed by atoms with Crippen LogP contribution in [0.15, 0.2) is 16.3 Å². The van der Waals surface area contributed by atoms with Crippen LogP contribution in [0.25, 0.3) is 0 Å². The number of alkyl halides is 3. The molecule has 0 spiro atoms. The second-order valence-corrected chi connectivity index (χ2v) is 8.03. The van der Waals surface area contributed by atoms with Crippen molar-refractivity contribution in [3.63, 3.8) is 0 Å². The van der Waals surface area contributed by atoms with Gasteiger partial charge in [0.15, 0.2) is 0 Å². The highest BCUT2D eigenvalue weighted by molar-refractivity contribution is 7.91. The first-order valence-electron chi connectivity index (χ1n) is 6.44. The van der Waals surface area contributed by atoms with Crippen LogP contribution in [-0.4, -0.2) is 31.5 Å². The van der Waals surface area contributed by atoms with E-state index in [1.807, 2.05) is 6.92 Å². The molecule has 0 saturated carbocycles. The Labute approximate surface area is 120 Å². The Kier molecular flexibility index (Phi) is 4.46. The third-order valence-corrected chi connectivity index (χ3v) is 6.99. The predicted molar refractivity (Wildman–Crippen MR) is 71.3 cm³/mol. The van der Waals surface area contributed by atoms with Crippen LogP contribution in [0, 0.1) is 0 Å². The predicted octanol–water partition coefficient (Wildman–Crippen LogP) is 3.42. The Hall–Kier alpha value is -0.600. The number of thiophene rings is 1. The Morgan fingerprint density at radius 1 is 1.35 bits per heavy atom. The molecule has 0 aromatic carbocycles. The molecule has 1 atom stereocenters. The van der Waals surface area contributed by atoms with Gasteiger partial charge in [-0.3, -0.25) is 0 Å². The lowest BCUT2D eigenvalue weighted by Gasteiger charge is -2.35. The summed E-state index contributed by atoms with van der Waals surface area (Å²) >= 11 is 1.05. The van der Waals surface area contributed by atoms with Crippen molar-refractivity contribution >= 4 is 21.4 Å². The molecule has 1 unspecified atom stereocenters. The molecule has 0 amide bonds. The van der Waals surface area contributed by atoms with Crippen molar-refractivity contribution in [2.24, 2.45) is 0 Å². The number of aryl methyl sites for hydroxylation is 1. The molecule has 114 valence electrons. The van der Waals surface area contributed by atoms with E-state index in [1.54, 1.807) is 6.07 Å². The standard InChI is InChI=1S/C12H16F3NO2S2/c1-2-9-6-7-11(19-9)20(17,18)16-8-4-3-5-10(16)12(13,14)15/h6-7,10H,2-5,8H2,1H3. The molecule has 3 nitrogen and oxygen atoms in total. The van der Waals surface area contributed by atoms with Gasteiger partial charge in [-0.1, -0.05) is 13.3 Å². The van der Waals surface area contributed by atoms with Crippen LogP contribution in [0.3, 0.4) is 0 Å². The molecular formula is C12H16F3NO2S2. The molecule has 8 heteroatoms. The molecule has 0 radical (unpaired) electrons. The molecule has 0 N–H and O–H groups in total. The molecule has 1 aliphatic heterocycles. The summed E-state index contributed by atoms with van der Waals surface area (Å²) in [6, 6.07) is 1.17. The zero-order valence-electron chi connectivity index (χ0n) is 11.0. The van der Waals surface area contributed by atoms with E-state index in [0.717, 1.165) is 16.2 Å². The van der Waals surface area contributed by atoms with Gasteiger partial charge in [0, 0.05) is 11.4 Å². The van der Waals surface area contributed by atoms with Crippen molar-refractivity contribution in [1.29, 1.82) is 0 Å². The minimum absolute atomic E-state index is 0.00509. The first kappa shape index (κ1) is 15.8. The van der Waals surface area contributed by atoms with Gasteiger partial charge in [0.1, 0.15) is 10.3 Å². The maximum atomic E-state index is 13.0. The van der Waals surface area contributed by atoms with E-state index < -0.39 is 22.2 Å². The highest BCUT2D eigenvalue weighted by Crippen LogP contribution is 2.36. The van der Waals surface area contributed by atoms with E-state index in [4.69, 9.17) is 0 Å². The number of sulfonamides is 1. The van der Waals surface area contributed by atoms with Gasteiger partial charge in [0.2, 0.25) is 0 Å². The van der Waals surface area contributed by atoms with Gasteiger partial charge < -0.3 is 0 Å². The summed E-state index contributed by atoms with van der Waals surface area (Å²) in [5.41, 5.74) is 0. The van der Waals surface area contributed by atoms with Crippen LogP contribution in [-0.2, 0) is 16.4 Å². The van der Waals surface area contributed by atoms with E-state index in [-0.39, 0.29) is 17.2 Å². The van der Waals surface area contributed by atoms with Crippen LogP contribution in [0.1, 0.15) is 31.1 Å². The number of rotatable bonds is 3. The molecule has 1 aliphatic rings. The number of halogens is 3. The maximum Gasteiger partial charge on any atom is 0.405 e. The average Bonchev–Trinajstić information content (AvgIpc) is 2.87. The summed E-state index contributed by atoms with van der Waals surface area (Å²) in [4.78, 5) is 0.851. The van der Waals surface area contributed by atoms with Crippen LogP contribution in [0.2, 0.25) is 0 Å². The third kappa shape index (κ3) is 3.01. The summed E-state index contributed by atoms with van der Waals surface area (Å²) in [7, 11) is -4.05. The van der Waals surface area contributed by atoms with Crippen LogP contribution in [0.5, 0.6) is 0 Å². The summed E-state index contributed by atoms with van der Waals surface area (Å²) in [6.07, 6.45) is -3.13. The summed E-state index contributed by atoms with van der Waals surface area (Å²) in [5.74, 6) is 0. The van der Waals surface area contributed by atoms with Gasteiger partial charge in [-0.2, -0.15) is 17.5 Å². The Morgan fingerprint density at radius 3 is 2.60 bits per heavy atom. The van der Waals surface area contributed by atoms with Crippen molar-refractivity contribution in [2.75, 3.05) is 6.54 Å². The molecule has 0 bridgehead atoms. The highest BCUT2D eigenvalue weighted by Gasteiger charge is 2.49. The van der Waals surface area contributed by atoms with Crippen molar-refractivity contribution < 1.29 is 21.6 Å². The van der Waals surface area contributed by atoms with Crippen molar-refractivity contribution in [1.82, 2.24) is 4.31 Å². The average molecular weight is 327 g/mol. The Morgan fingerprint density at radius 2 is 2.05 bits per heavy atom. The smallest absolute Gasteiger partial charge is 0.206 e. The number of hydrogen-bond acceptors (Lipinski definition) is 3. The molecule has 2 heterocycles. The lowest BCUT2D eigenvalue weighted by Crippen LogP contribution is -2.51. The van der Waals surface area contributed by atoms with E-state index in [0.29, 0.717) is 23.6 Å². The van der Waals surface area contributed by atoms with Gasteiger partial charge in [0.05, 0.1) is 0 Å². The fraction of sp³-hybridized carbons (Fsp3) is 0.667. The van der Waals surface area contributed by atoms with Crippen LogP contribution in [0.4, 0.5) is 13.2 Å². The lowest BCUT2D eigenvalue weighted by atomic mass is 10.1. The molecule has 20 heavy (non-hydrogen) atoms. The second-order valence-electron chi connectivity index (χ2n) is 4.74. The van der Waals surface area contributed by atoms with Gasteiger partial charge in [0.25, 0.3) is 10.0 Å². The first-order chi connectivity index (χ1) is 9.26. The fourth-order valence-electron chi connectivity index (χ4n) is 2.32. The normalized spacial score (nSPS) is 22.1. The summed E-state index contributed by atoms with van der Waals surface area (Å²) in [5, 5.41) is 0. The fourth-order valence-corrected chi connectivity index (χ4v) is 5.43. The monoisotopic (exact) mass is 327 g/mol. The highest BCUT2D eigenvalue weighted by atomic mass is 32.2. The summed E-state index contributed by atoms with van der Waals surface area (Å²) < 4.78 is 64.5.